The minimum absolute atomic E-state index is 0.482. The van der Waals surface area contributed by atoms with E-state index < -0.39 is 0 Å². The lowest BCUT2D eigenvalue weighted by molar-refractivity contribution is 0.258. The number of halogens is 2. The van der Waals surface area contributed by atoms with E-state index in [1.165, 1.54) is 0 Å². The molecule has 154 valence electrons. The fraction of sp³-hybridized carbons (Fsp3) is 0.208. The van der Waals surface area contributed by atoms with Crippen molar-refractivity contribution in [2.45, 2.75) is 20.4 Å². The van der Waals surface area contributed by atoms with Gasteiger partial charge in [-0.15, -0.1) is 0 Å². The van der Waals surface area contributed by atoms with Gasteiger partial charge in [0.05, 0.1) is 23.3 Å². The van der Waals surface area contributed by atoms with Crippen LogP contribution in [0.5, 0.6) is 11.6 Å². The number of aromatic nitrogens is 2. The second-order valence-electron chi connectivity index (χ2n) is 6.89. The molecule has 6 heteroatoms. The van der Waals surface area contributed by atoms with Crippen LogP contribution in [-0.2, 0) is 6.54 Å². The highest BCUT2D eigenvalue weighted by Gasteiger charge is 2.17. The van der Waals surface area contributed by atoms with Crippen molar-refractivity contribution >= 4 is 42.6 Å². The maximum absolute atomic E-state index is 6.09. The first kappa shape index (κ1) is 20.9. The Labute approximate surface area is 193 Å². The van der Waals surface area contributed by atoms with Crippen LogP contribution in [0, 0.1) is 6.92 Å². The maximum Gasteiger partial charge on any atom is 0.215 e. The summed E-state index contributed by atoms with van der Waals surface area (Å²) in [4.78, 5) is 0. The van der Waals surface area contributed by atoms with Crippen molar-refractivity contribution < 1.29 is 9.47 Å². The quantitative estimate of drug-likeness (QED) is 0.258. The Bertz CT molecular complexity index is 1170. The molecular weight excluding hydrogens is 508 g/mol. The van der Waals surface area contributed by atoms with E-state index in [1.807, 2.05) is 41.9 Å². The Morgan fingerprint density at radius 2 is 1.77 bits per heavy atom. The zero-order chi connectivity index (χ0) is 21.1. The van der Waals surface area contributed by atoms with Crippen LogP contribution in [0.3, 0.4) is 0 Å². The van der Waals surface area contributed by atoms with E-state index in [0.717, 1.165) is 48.2 Å². The molecule has 4 aromatic rings. The molecule has 0 aliphatic rings. The Kier molecular flexibility index (Phi) is 6.44. The van der Waals surface area contributed by atoms with E-state index in [1.54, 1.807) is 0 Å². The van der Waals surface area contributed by atoms with Gasteiger partial charge in [-0.1, -0.05) is 58.4 Å². The smallest absolute Gasteiger partial charge is 0.215 e. The van der Waals surface area contributed by atoms with E-state index in [9.17, 15) is 0 Å². The standard InChI is InChI=1S/C24H22Br2N2O2/c1-3-29-24-16(2)23(17-7-5-4-6-8-17)27-28(24)13-14-30-21-12-9-18-15-19(25)10-11-20(18)22(21)26/h4-12,15H,3,13-14H2,1-2H3. The number of hydrogen-bond donors (Lipinski definition) is 0. The summed E-state index contributed by atoms with van der Waals surface area (Å²) in [5.41, 5.74) is 3.07. The summed E-state index contributed by atoms with van der Waals surface area (Å²) >= 11 is 7.21. The first-order chi connectivity index (χ1) is 14.6. The molecule has 0 saturated carbocycles. The van der Waals surface area contributed by atoms with E-state index in [0.29, 0.717) is 19.8 Å². The number of hydrogen-bond acceptors (Lipinski definition) is 3. The van der Waals surface area contributed by atoms with Gasteiger partial charge in [-0.3, -0.25) is 0 Å². The highest BCUT2D eigenvalue weighted by atomic mass is 79.9. The molecule has 0 spiro atoms. The van der Waals surface area contributed by atoms with Gasteiger partial charge in [-0.05, 0) is 58.7 Å². The fourth-order valence-electron chi connectivity index (χ4n) is 3.47. The summed E-state index contributed by atoms with van der Waals surface area (Å²) in [6, 6.07) is 20.4. The van der Waals surface area contributed by atoms with Gasteiger partial charge < -0.3 is 9.47 Å². The topological polar surface area (TPSA) is 36.3 Å². The minimum atomic E-state index is 0.482. The predicted molar refractivity (Wildman–Crippen MR) is 128 cm³/mol. The number of fused-ring (bicyclic) bond motifs is 1. The third kappa shape index (κ3) is 4.25. The molecule has 0 atom stereocenters. The molecule has 0 unspecified atom stereocenters. The van der Waals surface area contributed by atoms with Crippen molar-refractivity contribution in [1.29, 1.82) is 0 Å². The fourth-order valence-corrected chi connectivity index (χ4v) is 4.46. The summed E-state index contributed by atoms with van der Waals surface area (Å²) in [7, 11) is 0. The molecule has 0 amide bonds. The van der Waals surface area contributed by atoms with Crippen LogP contribution >= 0.6 is 31.9 Å². The van der Waals surface area contributed by atoms with Gasteiger partial charge in [-0.2, -0.15) is 5.10 Å². The lowest BCUT2D eigenvalue weighted by Crippen LogP contribution is -2.12. The van der Waals surface area contributed by atoms with Gasteiger partial charge in [0, 0.05) is 15.6 Å². The zero-order valence-electron chi connectivity index (χ0n) is 16.9. The number of rotatable bonds is 7. The Morgan fingerprint density at radius 3 is 2.53 bits per heavy atom. The third-order valence-corrected chi connectivity index (χ3v) is 6.21. The van der Waals surface area contributed by atoms with Crippen LogP contribution in [0.2, 0.25) is 0 Å². The zero-order valence-corrected chi connectivity index (χ0v) is 20.0. The summed E-state index contributed by atoms with van der Waals surface area (Å²) in [6.45, 7) is 5.70. The number of ether oxygens (including phenoxy) is 2. The molecule has 0 fully saturated rings. The second-order valence-corrected chi connectivity index (χ2v) is 8.60. The largest absolute Gasteiger partial charge is 0.490 e. The third-order valence-electron chi connectivity index (χ3n) is 4.90. The SMILES string of the molecule is CCOc1c(C)c(-c2ccccc2)nn1CCOc1ccc2cc(Br)ccc2c1Br. The van der Waals surface area contributed by atoms with Crippen molar-refractivity contribution in [2.24, 2.45) is 0 Å². The number of nitrogens with zero attached hydrogens (tertiary/aromatic N) is 2. The molecule has 0 N–H and O–H groups in total. The molecular formula is C24H22Br2N2O2. The molecule has 4 rings (SSSR count). The Balaban J connectivity index is 1.54. The Morgan fingerprint density at radius 1 is 0.967 bits per heavy atom. The lowest BCUT2D eigenvalue weighted by atomic mass is 10.1. The Hall–Kier alpha value is -2.31. The van der Waals surface area contributed by atoms with Gasteiger partial charge in [0.2, 0.25) is 5.88 Å². The first-order valence-electron chi connectivity index (χ1n) is 9.84. The molecule has 0 aliphatic heterocycles. The van der Waals surface area contributed by atoms with Gasteiger partial charge in [0.25, 0.3) is 0 Å². The van der Waals surface area contributed by atoms with Crippen molar-refractivity contribution in [1.82, 2.24) is 9.78 Å². The maximum atomic E-state index is 6.09. The minimum Gasteiger partial charge on any atom is -0.490 e. The van der Waals surface area contributed by atoms with Crippen LogP contribution in [0.25, 0.3) is 22.0 Å². The van der Waals surface area contributed by atoms with Crippen LogP contribution in [0.4, 0.5) is 0 Å². The van der Waals surface area contributed by atoms with Crippen molar-refractivity contribution in [3.63, 3.8) is 0 Å². The average Bonchev–Trinajstić information content (AvgIpc) is 3.06. The summed E-state index contributed by atoms with van der Waals surface area (Å²) in [6.07, 6.45) is 0. The van der Waals surface area contributed by atoms with E-state index in [-0.39, 0.29) is 0 Å². The highest BCUT2D eigenvalue weighted by molar-refractivity contribution is 9.11. The van der Waals surface area contributed by atoms with Crippen LogP contribution in [0.1, 0.15) is 12.5 Å². The van der Waals surface area contributed by atoms with Gasteiger partial charge >= 0.3 is 0 Å². The molecule has 0 radical (unpaired) electrons. The first-order valence-corrected chi connectivity index (χ1v) is 11.4. The van der Waals surface area contributed by atoms with Crippen molar-refractivity contribution in [2.75, 3.05) is 13.2 Å². The second kappa shape index (κ2) is 9.23. The molecule has 4 nitrogen and oxygen atoms in total. The van der Waals surface area contributed by atoms with Gasteiger partial charge in [-0.25, -0.2) is 4.68 Å². The molecule has 3 aromatic carbocycles. The van der Waals surface area contributed by atoms with Crippen LogP contribution in [-0.4, -0.2) is 23.0 Å². The van der Waals surface area contributed by atoms with E-state index >= 15 is 0 Å². The monoisotopic (exact) mass is 528 g/mol. The van der Waals surface area contributed by atoms with Gasteiger partial charge in [0.15, 0.2) is 0 Å². The average molecular weight is 530 g/mol. The summed E-state index contributed by atoms with van der Waals surface area (Å²) in [5.74, 6) is 1.61. The molecule has 1 heterocycles. The predicted octanol–water partition coefficient (Wildman–Crippen LogP) is 7.01. The van der Waals surface area contributed by atoms with Crippen molar-refractivity contribution in [3.05, 3.63) is 75.2 Å². The molecule has 0 saturated heterocycles. The molecule has 0 bridgehead atoms. The summed E-state index contributed by atoms with van der Waals surface area (Å²) < 4.78 is 15.9. The van der Waals surface area contributed by atoms with Crippen LogP contribution < -0.4 is 9.47 Å². The lowest BCUT2D eigenvalue weighted by Gasteiger charge is -2.12. The van der Waals surface area contributed by atoms with E-state index in [2.05, 4.69) is 69.1 Å². The molecule has 0 aliphatic carbocycles. The molecule has 30 heavy (non-hydrogen) atoms. The van der Waals surface area contributed by atoms with Crippen LogP contribution in [0.15, 0.2) is 69.6 Å². The highest BCUT2D eigenvalue weighted by Crippen LogP contribution is 2.35. The van der Waals surface area contributed by atoms with Gasteiger partial charge in [0.1, 0.15) is 12.4 Å². The van der Waals surface area contributed by atoms with E-state index in [4.69, 9.17) is 14.6 Å². The summed E-state index contributed by atoms with van der Waals surface area (Å²) in [5, 5.41) is 7.07. The van der Waals surface area contributed by atoms with Crippen molar-refractivity contribution in [3.8, 4) is 22.9 Å². The number of benzene rings is 3. The normalized spacial score (nSPS) is 11.1. The molecule has 1 aromatic heterocycles.